The first-order chi connectivity index (χ1) is 13.9. The molecular weight excluding hydrogens is 431 g/mol. The van der Waals surface area contributed by atoms with Crippen molar-refractivity contribution >= 4 is 38.7 Å². The van der Waals surface area contributed by atoms with Crippen LogP contribution in [0.5, 0.6) is 0 Å². The molecule has 0 atom stereocenters. The highest BCUT2D eigenvalue weighted by molar-refractivity contribution is 7.91. The Balaban J connectivity index is 1.99. The van der Waals surface area contributed by atoms with E-state index in [1.807, 2.05) is 0 Å². The number of halogens is 2. The normalized spacial score (nSPS) is 11.5. The van der Waals surface area contributed by atoms with Crippen LogP contribution in [0.3, 0.4) is 0 Å². The van der Waals surface area contributed by atoms with Gasteiger partial charge < -0.3 is 5.73 Å². The number of nitrogens with two attached hydrogens (primary N) is 1. The van der Waals surface area contributed by atoms with E-state index in [9.17, 15) is 8.42 Å². The zero-order valence-corrected chi connectivity index (χ0v) is 17.2. The predicted molar refractivity (Wildman–Crippen MR) is 113 cm³/mol. The van der Waals surface area contributed by atoms with Crippen molar-refractivity contribution in [1.29, 1.82) is 0 Å². The van der Waals surface area contributed by atoms with Crippen LogP contribution in [0.15, 0.2) is 82.7 Å². The molecule has 0 fully saturated rings. The number of sulfone groups is 1. The second kappa shape index (κ2) is 7.51. The van der Waals surface area contributed by atoms with Crippen molar-refractivity contribution in [2.75, 3.05) is 5.73 Å². The van der Waals surface area contributed by atoms with E-state index in [4.69, 9.17) is 28.9 Å². The Kier molecular flexibility index (Phi) is 5.04. The first-order valence-corrected chi connectivity index (χ1v) is 10.7. The third-order valence-corrected chi connectivity index (χ3v) is 6.69. The van der Waals surface area contributed by atoms with Crippen molar-refractivity contribution in [3.8, 4) is 16.9 Å². The van der Waals surface area contributed by atoms with Gasteiger partial charge in [-0.3, -0.25) is 0 Å². The summed E-state index contributed by atoms with van der Waals surface area (Å²) in [6.07, 6.45) is 0. The summed E-state index contributed by atoms with van der Waals surface area (Å²) in [6, 6.07) is 19.8. The van der Waals surface area contributed by atoms with Crippen LogP contribution in [0.25, 0.3) is 16.9 Å². The molecule has 3 aromatic carbocycles. The fourth-order valence-corrected chi connectivity index (χ4v) is 4.83. The highest BCUT2D eigenvalue weighted by Gasteiger charge is 2.30. The van der Waals surface area contributed by atoms with Gasteiger partial charge in [0.2, 0.25) is 14.9 Å². The molecule has 1 heterocycles. The van der Waals surface area contributed by atoms with E-state index < -0.39 is 9.84 Å². The summed E-state index contributed by atoms with van der Waals surface area (Å²) in [7, 11) is -4.04. The first-order valence-electron chi connectivity index (χ1n) is 8.45. The summed E-state index contributed by atoms with van der Waals surface area (Å²) in [5, 5.41) is 8.54. The minimum atomic E-state index is -4.04. The predicted octanol–water partition coefficient (Wildman–Crippen LogP) is 4.66. The largest absolute Gasteiger partial charge is 0.399 e. The maximum absolute atomic E-state index is 13.4. The van der Waals surface area contributed by atoms with Gasteiger partial charge in [-0.2, -0.15) is 0 Å². The number of nitrogen functional groups attached to an aromatic ring is 1. The van der Waals surface area contributed by atoms with Gasteiger partial charge in [0.05, 0.1) is 15.6 Å². The zero-order chi connectivity index (χ0) is 20.6. The maximum atomic E-state index is 13.4. The standard InChI is InChI=1S/C20H14Cl2N4O2S/c21-14-7-5-13(6-8-14)19-20(29(27,28)18-4-2-1-3-17(18)22)24-25-26(19)16-11-9-15(23)10-12-16/h1-12H,23H2. The van der Waals surface area contributed by atoms with Crippen LogP contribution in [0.2, 0.25) is 10.0 Å². The molecule has 0 aliphatic rings. The first kappa shape index (κ1) is 19.4. The number of hydrogen-bond acceptors (Lipinski definition) is 5. The second-order valence-electron chi connectivity index (χ2n) is 6.19. The third-order valence-electron chi connectivity index (χ3n) is 4.28. The van der Waals surface area contributed by atoms with Crippen LogP contribution in [0.4, 0.5) is 5.69 Å². The summed E-state index contributed by atoms with van der Waals surface area (Å²) in [5.41, 5.74) is 7.83. The van der Waals surface area contributed by atoms with Crippen LogP contribution in [0.1, 0.15) is 0 Å². The van der Waals surface area contributed by atoms with E-state index in [0.717, 1.165) is 0 Å². The molecule has 0 radical (unpaired) electrons. The summed E-state index contributed by atoms with van der Waals surface area (Å²) >= 11 is 12.2. The van der Waals surface area contributed by atoms with Crippen LogP contribution < -0.4 is 5.73 Å². The Morgan fingerprint density at radius 1 is 0.862 bits per heavy atom. The number of aromatic nitrogens is 3. The van der Waals surface area contributed by atoms with Crippen molar-refractivity contribution in [1.82, 2.24) is 15.0 Å². The molecular formula is C20H14Cl2N4O2S. The van der Waals surface area contributed by atoms with Crippen LogP contribution in [0, 0.1) is 0 Å². The zero-order valence-electron chi connectivity index (χ0n) is 14.8. The van der Waals surface area contributed by atoms with E-state index in [2.05, 4.69) is 10.3 Å². The molecule has 1 aromatic heterocycles. The Hall–Kier alpha value is -2.87. The molecule has 0 bridgehead atoms. The molecule has 0 saturated carbocycles. The lowest BCUT2D eigenvalue weighted by Gasteiger charge is -2.10. The lowest BCUT2D eigenvalue weighted by molar-refractivity contribution is 0.592. The monoisotopic (exact) mass is 444 g/mol. The molecule has 0 aliphatic heterocycles. The number of hydrogen-bond donors (Lipinski definition) is 1. The number of rotatable bonds is 4. The highest BCUT2D eigenvalue weighted by Crippen LogP contribution is 2.34. The summed E-state index contributed by atoms with van der Waals surface area (Å²) in [5.74, 6) is 0. The van der Waals surface area contributed by atoms with E-state index in [1.54, 1.807) is 60.7 Å². The smallest absolute Gasteiger partial charge is 0.229 e. The number of anilines is 1. The average molecular weight is 445 g/mol. The quantitative estimate of drug-likeness (QED) is 0.462. The van der Waals surface area contributed by atoms with Crippen molar-refractivity contribution < 1.29 is 8.42 Å². The Morgan fingerprint density at radius 3 is 2.17 bits per heavy atom. The van der Waals surface area contributed by atoms with Gasteiger partial charge in [-0.05, 0) is 48.5 Å². The summed E-state index contributed by atoms with van der Waals surface area (Å²) in [6.45, 7) is 0. The molecule has 0 amide bonds. The minimum absolute atomic E-state index is 0.0405. The van der Waals surface area contributed by atoms with Crippen LogP contribution in [-0.2, 0) is 9.84 Å². The van der Waals surface area contributed by atoms with Crippen molar-refractivity contribution in [2.24, 2.45) is 0 Å². The Morgan fingerprint density at radius 2 is 1.52 bits per heavy atom. The summed E-state index contributed by atoms with van der Waals surface area (Å²) in [4.78, 5) is -0.0405. The van der Waals surface area contributed by atoms with Gasteiger partial charge >= 0.3 is 0 Å². The Bertz CT molecular complexity index is 1290. The molecule has 0 unspecified atom stereocenters. The van der Waals surface area contributed by atoms with Crippen molar-refractivity contribution in [2.45, 2.75) is 9.92 Å². The van der Waals surface area contributed by atoms with Gasteiger partial charge in [-0.15, -0.1) is 5.10 Å². The Labute approximate surface area is 177 Å². The lowest BCUT2D eigenvalue weighted by Crippen LogP contribution is -2.06. The SMILES string of the molecule is Nc1ccc(-n2nnc(S(=O)(=O)c3ccccc3Cl)c2-c2ccc(Cl)cc2)cc1. The molecule has 4 rings (SSSR count). The van der Waals surface area contributed by atoms with E-state index in [0.29, 0.717) is 27.7 Å². The molecule has 9 heteroatoms. The van der Waals surface area contributed by atoms with Gasteiger partial charge in [-0.1, -0.05) is 52.7 Å². The molecule has 4 aromatic rings. The van der Waals surface area contributed by atoms with E-state index in [-0.39, 0.29) is 14.9 Å². The average Bonchev–Trinajstić information content (AvgIpc) is 3.15. The molecule has 6 nitrogen and oxygen atoms in total. The molecule has 29 heavy (non-hydrogen) atoms. The highest BCUT2D eigenvalue weighted by atomic mass is 35.5. The topological polar surface area (TPSA) is 90.9 Å². The lowest BCUT2D eigenvalue weighted by atomic mass is 10.1. The van der Waals surface area contributed by atoms with Gasteiger partial charge in [0.1, 0.15) is 5.69 Å². The molecule has 0 aliphatic carbocycles. The van der Waals surface area contributed by atoms with Gasteiger partial charge in [0, 0.05) is 16.3 Å². The molecule has 2 N–H and O–H groups in total. The van der Waals surface area contributed by atoms with Crippen LogP contribution in [-0.4, -0.2) is 23.4 Å². The number of nitrogens with zero attached hydrogens (tertiary/aromatic N) is 3. The van der Waals surface area contributed by atoms with E-state index >= 15 is 0 Å². The fraction of sp³-hybridized carbons (Fsp3) is 0. The maximum Gasteiger partial charge on any atom is 0.229 e. The third kappa shape index (κ3) is 3.60. The molecule has 0 spiro atoms. The fourth-order valence-electron chi connectivity index (χ4n) is 2.87. The van der Waals surface area contributed by atoms with Crippen molar-refractivity contribution in [3.05, 3.63) is 82.8 Å². The van der Waals surface area contributed by atoms with E-state index in [1.165, 1.54) is 16.8 Å². The van der Waals surface area contributed by atoms with Gasteiger partial charge in [-0.25, -0.2) is 13.1 Å². The van der Waals surface area contributed by atoms with Crippen LogP contribution >= 0.6 is 23.2 Å². The van der Waals surface area contributed by atoms with Gasteiger partial charge in [0.25, 0.3) is 0 Å². The molecule has 0 saturated heterocycles. The number of benzene rings is 3. The van der Waals surface area contributed by atoms with Crippen molar-refractivity contribution in [3.63, 3.8) is 0 Å². The molecule has 146 valence electrons. The summed E-state index contributed by atoms with van der Waals surface area (Å²) < 4.78 is 28.2. The van der Waals surface area contributed by atoms with Gasteiger partial charge in [0.15, 0.2) is 0 Å². The minimum Gasteiger partial charge on any atom is -0.399 e. The second-order valence-corrected chi connectivity index (χ2v) is 8.86.